The van der Waals surface area contributed by atoms with Crippen LogP contribution in [0.25, 0.3) is 0 Å². The highest BCUT2D eigenvalue weighted by Crippen LogP contribution is 2.32. The summed E-state index contributed by atoms with van der Waals surface area (Å²) in [7, 11) is 4.56. The third kappa shape index (κ3) is 4.44. The van der Waals surface area contributed by atoms with Gasteiger partial charge in [-0.1, -0.05) is 32.1 Å². The van der Waals surface area contributed by atoms with Gasteiger partial charge in [-0.05, 0) is 62.4 Å². The van der Waals surface area contributed by atoms with Crippen LogP contribution in [0.3, 0.4) is 0 Å². The van der Waals surface area contributed by atoms with Crippen LogP contribution in [0, 0.1) is 5.92 Å². The first-order valence-electron chi connectivity index (χ1n) is 10.4. The molecule has 26 heavy (non-hydrogen) atoms. The van der Waals surface area contributed by atoms with Crippen LogP contribution >= 0.6 is 11.6 Å². The molecule has 4 atom stereocenters. The van der Waals surface area contributed by atoms with Crippen molar-refractivity contribution in [2.75, 3.05) is 40.3 Å². The molecule has 4 unspecified atom stereocenters. The fourth-order valence-electron chi connectivity index (χ4n) is 4.74. The Kier molecular flexibility index (Phi) is 7.01. The molecule has 3 aliphatic heterocycles. The molecule has 0 spiro atoms. The molecule has 4 heteroatoms. The molecule has 3 rings (SSSR count). The van der Waals surface area contributed by atoms with Gasteiger partial charge in [-0.15, -0.1) is 11.6 Å². The summed E-state index contributed by atoms with van der Waals surface area (Å²) in [6, 6.07) is 0.910. The van der Waals surface area contributed by atoms with E-state index >= 15 is 0 Å². The van der Waals surface area contributed by atoms with Gasteiger partial charge in [0.2, 0.25) is 0 Å². The minimum absolute atomic E-state index is 0.134. The maximum atomic E-state index is 7.00. The molecule has 0 radical (unpaired) electrons. The van der Waals surface area contributed by atoms with E-state index in [9.17, 15) is 0 Å². The van der Waals surface area contributed by atoms with Crippen molar-refractivity contribution in [3.63, 3.8) is 0 Å². The molecule has 0 saturated carbocycles. The fourth-order valence-corrected chi connectivity index (χ4v) is 5.09. The number of alkyl halides is 1. The lowest BCUT2D eigenvalue weighted by atomic mass is 9.88. The maximum Gasteiger partial charge on any atom is 0.0561 e. The second kappa shape index (κ2) is 9.05. The third-order valence-corrected chi connectivity index (χ3v) is 6.87. The van der Waals surface area contributed by atoms with E-state index in [0.717, 1.165) is 51.9 Å². The molecule has 0 aromatic carbocycles. The van der Waals surface area contributed by atoms with Crippen LogP contribution in [0.1, 0.15) is 39.5 Å². The second-order valence-electron chi connectivity index (χ2n) is 8.40. The lowest BCUT2D eigenvalue weighted by Crippen LogP contribution is -2.44. The van der Waals surface area contributed by atoms with Crippen LogP contribution in [0.5, 0.6) is 0 Å². The van der Waals surface area contributed by atoms with Gasteiger partial charge in [0.25, 0.3) is 0 Å². The molecule has 1 N–H and O–H groups in total. The lowest BCUT2D eigenvalue weighted by Gasteiger charge is -2.38. The third-order valence-electron chi connectivity index (χ3n) is 6.39. The maximum absolute atomic E-state index is 7.00. The standard InChI is InChI=1S/C22H36ClN3/c1-5-18-10-8-16(2)9-11-21(23)19-14-24-13-17-7-6-12-25(3)22(17)20(19)15-26(18)4/h7-8,10,16,18,21-22,24H,5-6,9,11-15H2,1-4H3. The first kappa shape index (κ1) is 20.1. The van der Waals surface area contributed by atoms with Gasteiger partial charge < -0.3 is 5.32 Å². The topological polar surface area (TPSA) is 18.5 Å². The van der Waals surface area contributed by atoms with Crippen molar-refractivity contribution in [2.45, 2.75) is 57.0 Å². The predicted octanol–water partition coefficient (Wildman–Crippen LogP) is 3.82. The van der Waals surface area contributed by atoms with Crippen LogP contribution in [0.15, 0.2) is 34.9 Å². The summed E-state index contributed by atoms with van der Waals surface area (Å²) in [5.41, 5.74) is 4.53. The average Bonchev–Trinajstić information content (AvgIpc) is 2.80. The number of nitrogens with one attached hydrogen (secondary N) is 1. The Balaban J connectivity index is 2.02. The number of likely N-dealkylation sites (N-methyl/N-ethyl adjacent to an activating group) is 2. The van der Waals surface area contributed by atoms with E-state index in [1.807, 2.05) is 0 Å². The Morgan fingerprint density at radius 2 is 1.92 bits per heavy atom. The first-order valence-corrected chi connectivity index (χ1v) is 10.8. The van der Waals surface area contributed by atoms with E-state index in [1.54, 1.807) is 5.57 Å². The van der Waals surface area contributed by atoms with Gasteiger partial charge in [0.15, 0.2) is 0 Å². The highest BCUT2D eigenvalue weighted by atomic mass is 35.5. The minimum Gasteiger partial charge on any atom is -0.309 e. The Labute approximate surface area is 165 Å². The second-order valence-corrected chi connectivity index (χ2v) is 8.93. The van der Waals surface area contributed by atoms with Gasteiger partial charge in [0.05, 0.1) is 11.4 Å². The van der Waals surface area contributed by atoms with E-state index in [4.69, 9.17) is 11.6 Å². The molecule has 0 aliphatic carbocycles. The molecule has 3 aliphatic rings. The molecule has 0 amide bonds. The highest BCUT2D eigenvalue weighted by molar-refractivity contribution is 6.22. The monoisotopic (exact) mass is 377 g/mol. The molecule has 0 saturated heterocycles. The first-order chi connectivity index (χ1) is 12.5. The fraction of sp³-hybridized carbons (Fsp3) is 0.727. The van der Waals surface area contributed by atoms with E-state index < -0.39 is 0 Å². The average molecular weight is 378 g/mol. The van der Waals surface area contributed by atoms with Gasteiger partial charge in [-0.2, -0.15) is 0 Å². The van der Waals surface area contributed by atoms with E-state index in [0.29, 0.717) is 18.0 Å². The summed E-state index contributed by atoms with van der Waals surface area (Å²) in [6.07, 6.45) is 11.8. The van der Waals surface area contributed by atoms with E-state index in [1.165, 1.54) is 11.1 Å². The molecule has 3 heterocycles. The predicted molar refractivity (Wildman–Crippen MR) is 113 cm³/mol. The minimum atomic E-state index is 0.134. The van der Waals surface area contributed by atoms with Gasteiger partial charge in [-0.3, -0.25) is 9.80 Å². The van der Waals surface area contributed by atoms with Crippen molar-refractivity contribution in [3.05, 3.63) is 34.9 Å². The zero-order chi connectivity index (χ0) is 18.7. The Bertz CT molecular complexity index is 580. The van der Waals surface area contributed by atoms with Crippen molar-refractivity contribution in [1.29, 1.82) is 0 Å². The normalized spacial score (nSPS) is 35.2. The molecule has 3 nitrogen and oxygen atoms in total. The van der Waals surface area contributed by atoms with Crippen molar-refractivity contribution < 1.29 is 0 Å². The number of nitrogens with zero attached hydrogens (tertiary/aromatic N) is 2. The zero-order valence-corrected chi connectivity index (χ0v) is 17.7. The highest BCUT2D eigenvalue weighted by Gasteiger charge is 2.33. The van der Waals surface area contributed by atoms with Gasteiger partial charge in [0, 0.05) is 32.2 Å². The van der Waals surface area contributed by atoms with Crippen molar-refractivity contribution in [3.8, 4) is 0 Å². The summed E-state index contributed by atoms with van der Waals surface area (Å²) >= 11 is 7.00. The number of rotatable bonds is 1. The smallest absolute Gasteiger partial charge is 0.0561 e. The van der Waals surface area contributed by atoms with Gasteiger partial charge >= 0.3 is 0 Å². The Morgan fingerprint density at radius 3 is 2.69 bits per heavy atom. The van der Waals surface area contributed by atoms with E-state index in [2.05, 4.69) is 61.3 Å². The summed E-state index contributed by atoms with van der Waals surface area (Å²) in [5.74, 6) is 0.590. The quantitative estimate of drug-likeness (QED) is 0.553. The summed E-state index contributed by atoms with van der Waals surface area (Å²) < 4.78 is 0. The Morgan fingerprint density at radius 1 is 1.12 bits per heavy atom. The number of hydrogen-bond donors (Lipinski definition) is 1. The number of halogens is 1. The number of allylic oxidation sites excluding steroid dienone is 1. The van der Waals surface area contributed by atoms with Gasteiger partial charge in [-0.25, -0.2) is 0 Å². The summed E-state index contributed by atoms with van der Waals surface area (Å²) in [6.45, 7) is 8.67. The van der Waals surface area contributed by atoms with E-state index in [-0.39, 0.29) is 5.38 Å². The molecular weight excluding hydrogens is 342 g/mol. The lowest BCUT2D eigenvalue weighted by molar-refractivity contribution is 0.250. The van der Waals surface area contributed by atoms with Crippen LogP contribution in [0.4, 0.5) is 0 Å². The van der Waals surface area contributed by atoms with Crippen LogP contribution in [-0.2, 0) is 0 Å². The van der Waals surface area contributed by atoms with Crippen molar-refractivity contribution in [2.24, 2.45) is 5.92 Å². The molecule has 0 aromatic rings. The molecule has 0 fully saturated rings. The largest absolute Gasteiger partial charge is 0.309 e. The van der Waals surface area contributed by atoms with Crippen molar-refractivity contribution in [1.82, 2.24) is 15.1 Å². The van der Waals surface area contributed by atoms with Crippen LogP contribution in [0.2, 0.25) is 0 Å². The Hall–Kier alpha value is -0.610. The van der Waals surface area contributed by atoms with Crippen molar-refractivity contribution >= 4 is 11.6 Å². The summed E-state index contributed by atoms with van der Waals surface area (Å²) in [4.78, 5) is 5.06. The molecular formula is C22H36ClN3. The molecule has 146 valence electrons. The van der Waals surface area contributed by atoms with Crippen LogP contribution in [-0.4, -0.2) is 67.5 Å². The van der Waals surface area contributed by atoms with Crippen LogP contribution < -0.4 is 5.32 Å². The van der Waals surface area contributed by atoms with Gasteiger partial charge in [0.1, 0.15) is 0 Å². The number of hydrogen-bond acceptors (Lipinski definition) is 3. The molecule has 0 aromatic heterocycles. The number of fused-ring (bicyclic) bond motifs is 2. The molecule has 0 bridgehead atoms. The summed E-state index contributed by atoms with van der Waals surface area (Å²) in [5, 5.41) is 3.81. The zero-order valence-electron chi connectivity index (χ0n) is 17.0. The SMILES string of the molecule is CCC1C=CC(C)CCC(Cl)C2=C(CN1C)C1C(=CCCN1C)CNC2.